The Labute approximate surface area is 112 Å². The first-order chi connectivity index (χ1) is 7.66. The van der Waals surface area contributed by atoms with Crippen LogP contribution >= 0.6 is 31.9 Å². The maximum atomic E-state index is 11.5. The molecule has 0 saturated heterocycles. The number of esters is 1. The van der Waals surface area contributed by atoms with Crippen LogP contribution in [-0.4, -0.2) is 17.4 Å². The first-order valence-electron chi connectivity index (χ1n) is 4.60. The van der Waals surface area contributed by atoms with Crippen molar-refractivity contribution < 1.29 is 9.53 Å². The first-order valence-corrected chi connectivity index (χ1v) is 6.43. The Morgan fingerprint density at radius 1 is 1.38 bits per heavy atom. The van der Waals surface area contributed by atoms with E-state index in [-0.39, 0.29) is 17.4 Å². The Balaban J connectivity index is 2.64. The van der Waals surface area contributed by atoms with E-state index in [9.17, 15) is 4.79 Å². The van der Waals surface area contributed by atoms with Crippen LogP contribution in [0.1, 0.15) is 10.4 Å². The number of halogens is 2. The molecule has 0 unspecified atom stereocenters. The van der Waals surface area contributed by atoms with Crippen LogP contribution in [0.5, 0.6) is 0 Å². The van der Waals surface area contributed by atoms with Gasteiger partial charge in [0.25, 0.3) is 0 Å². The molecule has 0 N–H and O–H groups in total. The summed E-state index contributed by atoms with van der Waals surface area (Å²) in [7, 11) is 0. The third kappa shape index (κ3) is 3.66. The highest BCUT2D eigenvalue weighted by Gasteiger charge is 2.25. The van der Waals surface area contributed by atoms with Gasteiger partial charge in [0, 0.05) is 0 Å². The Bertz CT molecular complexity index is 384. The normalized spacial score (nSPS) is 13.6. The number of hydrogen-bond donors (Lipinski definition) is 0. The molecular weight excluding hydrogens is 336 g/mol. The molecule has 16 heavy (non-hydrogen) atoms. The predicted molar refractivity (Wildman–Crippen MR) is 70.6 cm³/mol. The van der Waals surface area contributed by atoms with Gasteiger partial charge in [0.05, 0.1) is 4.83 Å². The van der Waals surface area contributed by atoms with Crippen LogP contribution in [0.25, 0.3) is 0 Å². The molecule has 1 rings (SSSR count). The zero-order chi connectivity index (χ0) is 12.0. The summed E-state index contributed by atoms with van der Waals surface area (Å²) in [6.07, 6.45) is 5.01. The van der Waals surface area contributed by atoms with E-state index in [0.717, 1.165) is 5.56 Å². The SMILES string of the molecule is C#CCOC(=O)[C@@H](Br)[C@@H](Br)c1ccccc1. The summed E-state index contributed by atoms with van der Waals surface area (Å²) in [5.41, 5.74) is 1.00. The van der Waals surface area contributed by atoms with Gasteiger partial charge in [-0.3, -0.25) is 4.79 Å². The minimum absolute atomic E-state index is 0.00452. The van der Waals surface area contributed by atoms with Crippen molar-refractivity contribution in [1.82, 2.24) is 0 Å². The van der Waals surface area contributed by atoms with E-state index in [1.807, 2.05) is 30.3 Å². The summed E-state index contributed by atoms with van der Waals surface area (Å²) >= 11 is 6.73. The van der Waals surface area contributed by atoms with E-state index in [4.69, 9.17) is 11.2 Å². The molecule has 0 spiro atoms. The number of terminal acetylenes is 1. The summed E-state index contributed by atoms with van der Waals surface area (Å²) in [4.78, 5) is 10.9. The molecule has 0 bridgehead atoms. The van der Waals surface area contributed by atoms with Gasteiger partial charge in [-0.15, -0.1) is 6.42 Å². The van der Waals surface area contributed by atoms with Crippen LogP contribution in [0.4, 0.5) is 0 Å². The summed E-state index contributed by atoms with van der Waals surface area (Å²) < 4.78 is 4.84. The van der Waals surface area contributed by atoms with E-state index in [0.29, 0.717) is 0 Å². The number of carbonyl (C=O) groups is 1. The molecule has 0 aliphatic rings. The molecule has 0 heterocycles. The van der Waals surface area contributed by atoms with Crippen molar-refractivity contribution in [2.75, 3.05) is 6.61 Å². The maximum absolute atomic E-state index is 11.5. The third-order valence-corrected chi connectivity index (χ3v) is 4.57. The lowest BCUT2D eigenvalue weighted by Crippen LogP contribution is -2.21. The van der Waals surface area contributed by atoms with Gasteiger partial charge in [-0.2, -0.15) is 0 Å². The van der Waals surface area contributed by atoms with Gasteiger partial charge in [-0.05, 0) is 5.56 Å². The van der Waals surface area contributed by atoms with E-state index >= 15 is 0 Å². The monoisotopic (exact) mass is 344 g/mol. The van der Waals surface area contributed by atoms with Crippen molar-refractivity contribution in [2.45, 2.75) is 9.65 Å². The van der Waals surface area contributed by atoms with Crippen molar-refractivity contribution in [1.29, 1.82) is 0 Å². The molecule has 0 radical (unpaired) electrons. The summed E-state index contributed by atoms with van der Waals surface area (Å²) in [6, 6.07) is 9.61. The zero-order valence-electron chi connectivity index (χ0n) is 8.40. The van der Waals surface area contributed by atoms with Gasteiger partial charge in [-0.25, -0.2) is 0 Å². The molecular formula is C12H10Br2O2. The van der Waals surface area contributed by atoms with E-state index < -0.39 is 4.83 Å². The molecule has 0 saturated carbocycles. The highest BCUT2D eigenvalue weighted by Crippen LogP contribution is 2.31. The van der Waals surface area contributed by atoms with Gasteiger partial charge in [0.15, 0.2) is 6.61 Å². The van der Waals surface area contributed by atoms with Gasteiger partial charge in [-0.1, -0.05) is 68.1 Å². The van der Waals surface area contributed by atoms with Crippen LogP contribution in [0.3, 0.4) is 0 Å². The van der Waals surface area contributed by atoms with Gasteiger partial charge in [0.1, 0.15) is 4.83 Å². The molecule has 2 atom stereocenters. The minimum atomic E-state index is -0.455. The fraction of sp³-hybridized carbons (Fsp3) is 0.250. The van der Waals surface area contributed by atoms with Crippen LogP contribution in [0, 0.1) is 12.3 Å². The number of ether oxygens (including phenoxy) is 1. The number of alkyl halides is 2. The Kier molecular flexibility index (Phi) is 5.58. The fourth-order valence-corrected chi connectivity index (χ4v) is 2.08. The second-order valence-corrected chi connectivity index (χ2v) is 5.00. The van der Waals surface area contributed by atoms with Crippen LogP contribution in [-0.2, 0) is 9.53 Å². The lowest BCUT2D eigenvalue weighted by Gasteiger charge is -2.15. The second kappa shape index (κ2) is 6.72. The summed E-state index contributed by atoms with van der Waals surface area (Å²) in [6.45, 7) is -0.00452. The van der Waals surface area contributed by atoms with Gasteiger partial charge < -0.3 is 4.74 Å². The topological polar surface area (TPSA) is 26.3 Å². The van der Waals surface area contributed by atoms with Crippen LogP contribution in [0.2, 0.25) is 0 Å². The van der Waals surface area contributed by atoms with Crippen molar-refractivity contribution >= 4 is 37.8 Å². The van der Waals surface area contributed by atoms with E-state index in [1.54, 1.807) is 0 Å². The van der Waals surface area contributed by atoms with Crippen LogP contribution < -0.4 is 0 Å². The van der Waals surface area contributed by atoms with Crippen molar-refractivity contribution in [2.24, 2.45) is 0 Å². The summed E-state index contributed by atoms with van der Waals surface area (Å²) in [5, 5.41) is 0. The van der Waals surface area contributed by atoms with Gasteiger partial charge >= 0.3 is 5.97 Å². The molecule has 0 aliphatic carbocycles. The fourth-order valence-electron chi connectivity index (χ4n) is 1.12. The average molecular weight is 346 g/mol. The molecule has 84 valence electrons. The zero-order valence-corrected chi connectivity index (χ0v) is 11.6. The predicted octanol–water partition coefficient (Wildman–Crippen LogP) is 3.06. The third-order valence-electron chi connectivity index (χ3n) is 1.90. The molecule has 1 aromatic carbocycles. The maximum Gasteiger partial charge on any atom is 0.322 e. The molecule has 0 fully saturated rings. The van der Waals surface area contributed by atoms with Crippen molar-refractivity contribution in [3.63, 3.8) is 0 Å². The average Bonchev–Trinajstić information content (AvgIpc) is 2.35. The standard InChI is InChI=1S/C12H10Br2O2/c1-2-8-16-12(15)11(14)10(13)9-6-4-3-5-7-9/h1,3-7,10-11H,8H2/t10-,11-/m0/s1. The lowest BCUT2D eigenvalue weighted by molar-refractivity contribution is -0.141. The van der Waals surface area contributed by atoms with Crippen molar-refractivity contribution in [3.8, 4) is 12.3 Å². The lowest BCUT2D eigenvalue weighted by atomic mass is 10.1. The highest BCUT2D eigenvalue weighted by atomic mass is 79.9. The molecule has 0 amide bonds. The quantitative estimate of drug-likeness (QED) is 0.476. The number of benzene rings is 1. The number of hydrogen-bond acceptors (Lipinski definition) is 2. The smallest absolute Gasteiger partial charge is 0.322 e. The molecule has 4 heteroatoms. The molecule has 0 aliphatic heterocycles. The number of rotatable bonds is 4. The molecule has 2 nitrogen and oxygen atoms in total. The van der Waals surface area contributed by atoms with E-state index in [1.165, 1.54) is 0 Å². The Morgan fingerprint density at radius 2 is 2.00 bits per heavy atom. The van der Waals surface area contributed by atoms with Gasteiger partial charge in [0.2, 0.25) is 0 Å². The minimum Gasteiger partial charge on any atom is -0.452 e. The molecule has 1 aromatic rings. The number of carbonyl (C=O) groups excluding carboxylic acids is 1. The largest absolute Gasteiger partial charge is 0.452 e. The highest BCUT2D eigenvalue weighted by molar-refractivity contribution is 9.12. The Hall–Kier alpha value is -0.790. The van der Waals surface area contributed by atoms with Crippen LogP contribution in [0.15, 0.2) is 30.3 Å². The summed E-state index contributed by atoms with van der Waals surface area (Å²) in [5.74, 6) is 1.88. The molecule has 0 aromatic heterocycles. The Morgan fingerprint density at radius 3 is 2.56 bits per heavy atom. The second-order valence-electron chi connectivity index (χ2n) is 3.03. The first kappa shape index (κ1) is 13.3. The van der Waals surface area contributed by atoms with E-state index in [2.05, 4.69) is 37.8 Å². The van der Waals surface area contributed by atoms with Crippen molar-refractivity contribution in [3.05, 3.63) is 35.9 Å².